The van der Waals surface area contributed by atoms with Crippen molar-refractivity contribution in [2.75, 3.05) is 20.7 Å². The minimum atomic E-state index is -0.0399. The van der Waals surface area contributed by atoms with Crippen LogP contribution < -0.4 is 0 Å². The van der Waals surface area contributed by atoms with E-state index in [1.54, 1.807) is 0 Å². The number of hydrogen-bond acceptors (Lipinski definition) is 3. The summed E-state index contributed by atoms with van der Waals surface area (Å²) in [6.45, 7) is 4.66. The molecule has 0 aromatic carbocycles. The molecule has 0 N–H and O–H groups in total. The Morgan fingerprint density at radius 1 is 0.667 bits per heavy atom. The van der Waals surface area contributed by atoms with E-state index >= 15 is 0 Å². The number of unbranched alkanes of at least 4 members (excludes halogenated alkanes) is 15. The maximum atomic E-state index is 11.3. The Labute approximate surface area is 208 Å². The number of nitrogens with zero attached hydrogens (tertiary/aromatic N) is 1. The number of esters is 1. The number of allylic oxidation sites excluding steroid dienone is 2. The second-order valence-corrected chi connectivity index (χ2v) is 10.1. The molecule has 0 aliphatic rings. The Hall–Kier alpha value is -0.830. The van der Waals surface area contributed by atoms with E-state index in [0.29, 0.717) is 13.0 Å². The van der Waals surface area contributed by atoms with Gasteiger partial charge in [0.25, 0.3) is 0 Å². The van der Waals surface area contributed by atoms with Gasteiger partial charge in [0.2, 0.25) is 0 Å². The van der Waals surface area contributed by atoms with E-state index in [1.165, 1.54) is 116 Å². The fourth-order valence-corrected chi connectivity index (χ4v) is 4.52. The van der Waals surface area contributed by atoms with E-state index in [9.17, 15) is 4.79 Å². The summed E-state index contributed by atoms with van der Waals surface area (Å²) in [5.41, 5.74) is 0. The van der Waals surface area contributed by atoms with E-state index in [-0.39, 0.29) is 5.97 Å². The van der Waals surface area contributed by atoms with Crippen LogP contribution in [-0.2, 0) is 9.53 Å². The number of rotatable bonds is 25. The molecular weight excluding hydrogens is 406 g/mol. The SMILES string of the molecule is CCCCCCCC(CCCCCCCC/C=C\CCCCCCCC(=O)OCC)N(C)C. The Balaban J connectivity index is 3.40. The molecule has 0 saturated heterocycles. The van der Waals surface area contributed by atoms with E-state index in [1.807, 2.05) is 6.92 Å². The Bertz CT molecular complexity index is 433. The van der Waals surface area contributed by atoms with Crippen molar-refractivity contribution in [3.63, 3.8) is 0 Å². The maximum absolute atomic E-state index is 11.3. The summed E-state index contributed by atoms with van der Waals surface area (Å²) >= 11 is 0. The average molecular weight is 466 g/mol. The summed E-state index contributed by atoms with van der Waals surface area (Å²) in [5, 5.41) is 0. The van der Waals surface area contributed by atoms with Crippen molar-refractivity contribution >= 4 is 5.97 Å². The van der Waals surface area contributed by atoms with E-state index < -0.39 is 0 Å². The Kier molecular flexibility index (Phi) is 25.1. The molecule has 196 valence electrons. The van der Waals surface area contributed by atoms with Crippen LogP contribution in [0, 0.1) is 0 Å². The largest absolute Gasteiger partial charge is 0.466 e. The van der Waals surface area contributed by atoms with Gasteiger partial charge in [-0.05, 0) is 66.0 Å². The van der Waals surface area contributed by atoms with Gasteiger partial charge >= 0.3 is 5.97 Å². The first kappa shape index (κ1) is 32.2. The fraction of sp³-hybridized carbons (Fsp3) is 0.900. The molecule has 33 heavy (non-hydrogen) atoms. The third kappa shape index (κ3) is 24.1. The molecule has 3 heteroatoms. The van der Waals surface area contributed by atoms with Crippen LogP contribution in [0.2, 0.25) is 0 Å². The van der Waals surface area contributed by atoms with Crippen molar-refractivity contribution in [1.29, 1.82) is 0 Å². The highest BCUT2D eigenvalue weighted by atomic mass is 16.5. The third-order valence-electron chi connectivity index (χ3n) is 6.75. The van der Waals surface area contributed by atoms with Gasteiger partial charge in [-0.3, -0.25) is 4.79 Å². The van der Waals surface area contributed by atoms with Gasteiger partial charge in [-0.15, -0.1) is 0 Å². The summed E-state index contributed by atoms with van der Waals surface area (Å²) in [6, 6.07) is 0.793. The molecule has 1 atom stereocenters. The zero-order valence-corrected chi connectivity index (χ0v) is 23.1. The topological polar surface area (TPSA) is 29.5 Å². The minimum absolute atomic E-state index is 0.0399. The quantitative estimate of drug-likeness (QED) is 0.0764. The van der Waals surface area contributed by atoms with Gasteiger partial charge in [-0.25, -0.2) is 0 Å². The van der Waals surface area contributed by atoms with Gasteiger partial charge in [0.05, 0.1) is 6.61 Å². The number of ether oxygens (including phenoxy) is 1. The molecule has 0 aliphatic carbocycles. The lowest BCUT2D eigenvalue weighted by Crippen LogP contribution is -2.27. The zero-order valence-electron chi connectivity index (χ0n) is 23.1. The molecule has 0 amide bonds. The molecule has 0 aromatic heterocycles. The first-order chi connectivity index (χ1) is 16.1. The second-order valence-electron chi connectivity index (χ2n) is 10.1. The van der Waals surface area contributed by atoms with Gasteiger partial charge in [0, 0.05) is 12.5 Å². The molecule has 0 radical (unpaired) electrons. The van der Waals surface area contributed by atoms with Gasteiger partial charge in [0.1, 0.15) is 0 Å². The van der Waals surface area contributed by atoms with Crippen molar-refractivity contribution in [2.24, 2.45) is 0 Å². The maximum Gasteiger partial charge on any atom is 0.305 e. The highest BCUT2D eigenvalue weighted by Gasteiger charge is 2.10. The molecule has 3 nitrogen and oxygen atoms in total. The molecule has 0 bridgehead atoms. The van der Waals surface area contributed by atoms with Crippen LogP contribution in [0.4, 0.5) is 0 Å². The molecule has 0 spiro atoms. The summed E-state index contributed by atoms with van der Waals surface area (Å²) in [7, 11) is 4.53. The highest BCUT2D eigenvalue weighted by Crippen LogP contribution is 2.17. The van der Waals surface area contributed by atoms with Crippen molar-refractivity contribution < 1.29 is 9.53 Å². The predicted octanol–water partition coefficient (Wildman–Crippen LogP) is 9.25. The lowest BCUT2D eigenvalue weighted by atomic mass is 9.99. The first-order valence-corrected chi connectivity index (χ1v) is 14.6. The van der Waals surface area contributed by atoms with E-state index in [0.717, 1.165) is 18.9 Å². The molecule has 0 aliphatic heterocycles. The third-order valence-corrected chi connectivity index (χ3v) is 6.75. The average Bonchev–Trinajstić information content (AvgIpc) is 2.79. The zero-order chi connectivity index (χ0) is 24.4. The van der Waals surface area contributed by atoms with E-state index in [2.05, 4.69) is 38.1 Å². The second kappa shape index (κ2) is 25.8. The van der Waals surface area contributed by atoms with Crippen molar-refractivity contribution in [3.05, 3.63) is 12.2 Å². The highest BCUT2D eigenvalue weighted by molar-refractivity contribution is 5.69. The fourth-order valence-electron chi connectivity index (χ4n) is 4.52. The van der Waals surface area contributed by atoms with Crippen LogP contribution in [-0.4, -0.2) is 37.6 Å². The van der Waals surface area contributed by atoms with Gasteiger partial charge in [0.15, 0.2) is 0 Å². The van der Waals surface area contributed by atoms with Crippen LogP contribution >= 0.6 is 0 Å². The van der Waals surface area contributed by atoms with Gasteiger partial charge < -0.3 is 9.64 Å². The number of hydrogen-bond donors (Lipinski definition) is 0. The van der Waals surface area contributed by atoms with Gasteiger partial charge in [-0.2, -0.15) is 0 Å². The van der Waals surface area contributed by atoms with Crippen molar-refractivity contribution in [1.82, 2.24) is 4.90 Å². The summed E-state index contributed by atoms with van der Waals surface area (Å²) in [5.74, 6) is -0.0399. The molecule has 0 rings (SSSR count). The summed E-state index contributed by atoms with van der Waals surface area (Å²) < 4.78 is 4.95. The monoisotopic (exact) mass is 465 g/mol. The predicted molar refractivity (Wildman–Crippen MR) is 146 cm³/mol. The van der Waals surface area contributed by atoms with Crippen LogP contribution in [0.1, 0.15) is 149 Å². The van der Waals surface area contributed by atoms with Crippen LogP contribution in [0.5, 0.6) is 0 Å². The molecular formula is C30H59NO2. The smallest absolute Gasteiger partial charge is 0.305 e. The van der Waals surface area contributed by atoms with E-state index in [4.69, 9.17) is 4.74 Å². The lowest BCUT2D eigenvalue weighted by Gasteiger charge is -2.24. The molecule has 0 aromatic rings. The van der Waals surface area contributed by atoms with Crippen LogP contribution in [0.15, 0.2) is 12.2 Å². The number of carbonyl (C=O) groups is 1. The standard InChI is InChI=1S/C30H59NO2/c1-5-7-8-20-23-26-29(31(3)4)27-24-21-18-16-14-12-10-9-11-13-15-17-19-22-25-28-30(32)33-6-2/h9,11,29H,5-8,10,12-28H2,1-4H3/b11-9-. The number of carbonyl (C=O) groups excluding carboxylic acids is 1. The molecule has 0 fully saturated rings. The Morgan fingerprint density at radius 3 is 1.61 bits per heavy atom. The van der Waals surface area contributed by atoms with Crippen molar-refractivity contribution in [2.45, 2.75) is 155 Å². The van der Waals surface area contributed by atoms with Crippen LogP contribution in [0.3, 0.4) is 0 Å². The Morgan fingerprint density at radius 2 is 1.12 bits per heavy atom. The molecule has 0 heterocycles. The minimum Gasteiger partial charge on any atom is -0.466 e. The normalized spacial score (nSPS) is 12.6. The summed E-state index contributed by atoms with van der Waals surface area (Å²) in [4.78, 5) is 13.7. The van der Waals surface area contributed by atoms with Crippen molar-refractivity contribution in [3.8, 4) is 0 Å². The molecule has 1 unspecified atom stereocenters. The van der Waals surface area contributed by atoms with Gasteiger partial charge in [-0.1, -0.05) is 103 Å². The molecule has 0 saturated carbocycles. The van der Waals surface area contributed by atoms with Crippen LogP contribution in [0.25, 0.3) is 0 Å². The summed E-state index contributed by atoms with van der Waals surface area (Å²) in [6.07, 6.45) is 31.9. The lowest BCUT2D eigenvalue weighted by molar-refractivity contribution is -0.143. The first-order valence-electron chi connectivity index (χ1n) is 14.6.